The quantitative estimate of drug-likeness (QED) is 0.401. The zero-order chi connectivity index (χ0) is 29.8. The summed E-state index contributed by atoms with van der Waals surface area (Å²) < 4.78 is 64.0. The fourth-order valence-electron chi connectivity index (χ4n) is 5.88. The Bertz CT molecular complexity index is 1490. The molecule has 2 aromatic heterocycles. The molecule has 10 nitrogen and oxygen atoms in total. The third-order valence-corrected chi connectivity index (χ3v) is 7.79. The molecule has 13 heteroatoms. The van der Waals surface area contributed by atoms with Crippen molar-refractivity contribution in [3.8, 4) is 16.9 Å². The molecule has 0 bridgehead atoms. The third kappa shape index (κ3) is 5.41. The van der Waals surface area contributed by atoms with E-state index in [1.165, 1.54) is 16.9 Å². The van der Waals surface area contributed by atoms with Crippen LogP contribution in [-0.4, -0.2) is 69.1 Å². The van der Waals surface area contributed by atoms with Gasteiger partial charge in [-0.25, -0.2) is 4.79 Å². The number of benzene rings is 1. The number of aromatic nitrogens is 4. The van der Waals surface area contributed by atoms with Crippen LogP contribution >= 0.6 is 0 Å². The van der Waals surface area contributed by atoms with Crippen molar-refractivity contribution >= 4 is 17.6 Å². The highest BCUT2D eigenvalue weighted by atomic mass is 19.4. The number of carbonyl (C=O) groups excluding carboxylic acids is 1. The van der Waals surface area contributed by atoms with Crippen LogP contribution in [0.15, 0.2) is 24.5 Å². The molecule has 0 radical (unpaired) electrons. The van der Waals surface area contributed by atoms with Gasteiger partial charge in [0.05, 0.1) is 36.6 Å². The number of amides is 1. The highest BCUT2D eigenvalue weighted by molar-refractivity contribution is 5.79. The number of alkyl halides is 3. The van der Waals surface area contributed by atoms with Gasteiger partial charge in [-0.2, -0.15) is 23.4 Å². The molecule has 226 valence electrons. The number of hydrogen-bond acceptors (Lipinski definition) is 7. The smallest absolute Gasteiger partial charge is 0.417 e. The number of rotatable bonds is 3. The number of fused-ring (bicyclic) bond motifs is 2. The van der Waals surface area contributed by atoms with E-state index >= 15 is 0 Å². The zero-order valence-corrected chi connectivity index (χ0v) is 24.2. The van der Waals surface area contributed by atoms with Gasteiger partial charge in [0.15, 0.2) is 5.82 Å². The summed E-state index contributed by atoms with van der Waals surface area (Å²) in [6.45, 7) is 7.96. The number of nitrogens with zero attached hydrogens (tertiary/aromatic N) is 6. The van der Waals surface area contributed by atoms with Crippen LogP contribution < -0.4 is 9.64 Å². The fourth-order valence-corrected chi connectivity index (χ4v) is 5.88. The van der Waals surface area contributed by atoms with Gasteiger partial charge in [0, 0.05) is 61.8 Å². The second-order valence-corrected chi connectivity index (χ2v) is 12.0. The lowest BCUT2D eigenvalue weighted by molar-refractivity contribution is -0.137. The van der Waals surface area contributed by atoms with Crippen molar-refractivity contribution in [1.82, 2.24) is 24.5 Å². The molecule has 0 saturated carbocycles. The maximum atomic E-state index is 14.5. The molecule has 3 aromatic rings. The molecular formula is C29H35F3N6O4. The predicted octanol–water partition coefficient (Wildman–Crippen LogP) is 5.48. The predicted molar refractivity (Wildman–Crippen MR) is 148 cm³/mol. The van der Waals surface area contributed by atoms with E-state index in [4.69, 9.17) is 19.3 Å². The van der Waals surface area contributed by atoms with Crippen LogP contribution in [-0.2, 0) is 35.7 Å². The zero-order valence-electron chi connectivity index (χ0n) is 24.2. The van der Waals surface area contributed by atoms with Gasteiger partial charge in [-0.05, 0) is 45.7 Å². The summed E-state index contributed by atoms with van der Waals surface area (Å²) in [4.78, 5) is 16.5. The lowest BCUT2D eigenvalue weighted by atomic mass is 9.99. The molecule has 0 spiro atoms. The minimum atomic E-state index is -4.61. The topological polar surface area (TPSA) is 86.9 Å². The molecule has 1 amide bonds. The van der Waals surface area contributed by atoms with E-state index in [0.717, 1.165) is 30.2 Å². The van der Waals surface area contributed by atoms with Crippen LogP contribution in [0.4, 0.5) is 29.5 Å². The summed E-state index contributed by atoms with van der Waals surface area (Å²) in [6, 6.07) is 2.69. The standard InChI is InChI=1S/C29H35F3N6O4/c1-28(2,3)42-27(39)36-8-5-23-21(17-36)26(34-38(23)19-6-10-40-11-7-19)37-9-12-41-25-13-20(18-15-33-35(4)16-18)22(14-24(25)37)29(30,31)32/h13-16,19H,5-12,17H2,1-4H3. The lowest BCUT2D eigenvalue weighted by Gasteiger charge is -2.34. The number of halogens is 3. The molecule has 0 unspecified atom stereocenters. The minimum absolute atomic E-state index is 0.00191. The van der Waals surface area contributed by atoms with Crippen LogP contribution in [0.3, 0.4) is 0 Å². The fraction of sp³-hybridized carbons (Fsp3) is 0.552. The molecule has 0 N–H and O–H groups in total. The van der Waals surface area contributed by atoms with Crippen molar-refractivity contribution in [2.45, 2.75) is 64.4 Å². The van der Waals surface area contributed by atoms with Gasteiger partial charge in [-0.1, -0.05) is 0 Å². The van der Waals surface area contributed by atoms with Crippen LogP contribution in [0.25, 0.3) is 11.1 Å². The first kappa shape index (κ1) is 28.4. The molecule has 0 aliphatic carbocycles. The number of aryl methyl sites for hydroxylation is 1. The van der Waals surface area contributed by atoms with Gasteiger partial charge in [-0.15, -0.1) is 0 Å². The molecule has 1 aromatic carbocycles. The SMILES string of the molecule is Cn1cc(-c2cc3c(cc2C(F)(F)F)N(c2nn(C4CCOCC4)c4c2CN(C(=O)OC(C)(C)C)CC4)CCO3)cn1. The number of hydrogen-bond donors (Lipinski definition) is 0. The minimum Gasteiger partial charge on any atom is -0.490 e. The van der Waals surface area contributed by atoms with Crippen molar-refractivity contribution in [3.63, 3.8) is 0 Å². The molecule has 0 atom stereocenters. The highest BCUT2D eigenvalue weighted by Gasteiger charge is 2.39. The second kappa shape index (κ2) is 10.5. The van der Waals surface area contributed by atoms with E-state index in [1.54, 1.807) is 23.0 Å². The van der Waals surface area contributed by atoms with E-state index in [2.05, 4.69) is 5.10 Å². The second-order valence-electron chi connectivity index (χ2n) is 12.0. The van der Waals surface area contributed by atoms with Crippen molar-refractivity contribution in [1.29, 1.82) is 0 Å². The normalized spacial score (nSPS) is 18.0. The average Bonchev–Trinajstić information content (AvgIpc) is 3.54. The molecule has 1 fully saturated rings. The molecule has 5 heterocycles. The number of carbonyl (C=O) groups is 1. The maximum absolute atomic E-state index is 14.5. The van der Waals surface area contributed by atoms with Crippen LogP contribution in [0.1, 0.15) is 56.5 Å². The Morgan fingerprint density at radius 3 is 2.52 bits per heavy atom. The summed E-state index contributed by atoms with van der Waals surface area (Å²) in [5.74, 6) is 0.874. The van der Waals surface area contributed by atoms with E-state index in [0.29, 0.717) is 49.9 Å². The number of anilines is 2. The molecule has 42 heavy (non-hydrogen) atoms. The van der Waals surface area contributed by atoms with Crippen molar-refractivity contribution < 1.29 is 32.2 Å². The maximum Gasteiger partial charge on any atom is 0.417 e. The van der Waals surface area contributed by atoms with E-state index in [1.807, 2.05) is 25.5 Å². The summed E-state index contributed by atoms with van der Waals surface area (Å²) in [6.07, 6.45) is 0.0529. The van der Waals surface area contributed by atoms with Gasteiger partial charge in [0.25, 0.3) is 0 Å². The highest BCUT2D eigenvalue weighted by Crippen LogP contribution is 2.47. The first-order chi connectivity index (χ1) is 19.9. The summed E-state index contributed by atoms with van der Waals surface area (Å²) in [5.41, 5.74) is 1.01. The number of ether oxygens (including phenoxy) is 3. The Morgan fingerprint density at radius 2 is 1.86 bits per heavy atom. The van der Waals surface area contributed by atoms with Gasteiger partial charge in [-0.3, -0.25) is 9.36 Å². The van der Waals surface area contributed by atoms with E-state index in [-0.39, 0.29) is 30.4 Å². The molecule has 6 rings (SSSR count). The molecule has 1 saturated heterocycles. The summed E-state index contributed by atoms with van der Waals surface area (Å²) >= 11 is 0. The Hall–Kier alpha value is -3.74. The Kier molecular flexibility index (Phi) is 7.11. The van der Waals surface area contributed by atoms with Crippen LogP contribution in [0.5, 0.6) is 5.75 Å². The van der Waals surface area contributed by atoms with E-state index < -0.39 is 23.4 Å². The van der Waals surface area contributed by atoms with E-state index in [9.17, 15) is 18.0 Å². The Labute approximate surface area is 241 Å². The summed E-state index contributed by atoms with van der Waals surface area (Å²) in [7, 11) is 1.66. The Morgan fingerprint density at radius 1 is 1.10 bits per heavy atom. The van der Waals surface area contributed by atoms with Gasteiger partial charge in [0.2, 0.25) is 0 Å². The van der Waals surface area contributed by atoms with Crippen molar-refractivity contribution in [2.75, 3.05) is 37.8 Å². The molecule has 3 aliphatic rings. The first-order valence-corrected chi connectivity index (χ1v) is 14.2. The largest absolute Gasteiger partial charge is 0.490 e. The van der Waals surface area contributed by atoms with Gasteiger partial charge in [0.1, 0.15) is 18.0 Å². The lowest BCUT2D eigenvalue weighted by Crippen LogP contribution is -2.40. The van der Waals surface area contributed by atoms with Crippen molar-refractivity contribution in [3.05, 3.63) is 41.3 Å². The molecular weight excluding hydrogens is 553 g/mol. The van der Waals surface area contributed by atoms with Crippen molar-refractivity contribution in [2.24, 2.45) is 7.05 Å². The Balaban J connectivity index is 1.45. The van der Waals surface area contributed by atoms with Crippen LogP contribution in [0, 0.1) is 0 Å². The molecule has 3 aliphatic heterocycles. The first-order valence-electron chi connectivity index (χ1n) is 14.2. The monoisotopic (exact) mass is 588 g/mol. The average molecular weight is 589 g/mol. The third-order valence-electron chi connectivity index (χ3n) is 7.79. The summed E-state index contributed by atoms with van der Waals surface area (Å²) in [5, 5.41) is 9.10. The van der Waals surface area contributed by atoms with Gasteiger partial charge >= 0.3 is 12.3 Å². The van der Waals surface area contributed by atoms with Crippen LogP contribution in [0.2, 0.25) is 0 Å². The van der Waals surface area contributed by atoms with Gasteiger partial charge < -0.3 is 24.0 Å².